The van der Waals surface area contributed by atoms with Crippen molar-refractivity contribution < 1.29 is 24.3 Å². The number of hydrogen-bond donors (Lipinski definition) is 4. The maximum absolute atomic E-state index is 13.3. The molecule has 0 saturated carbocycles. The Balaban J connectivity index is 2.98. The Kier molecular flexibility index (Phi) is 16.4. The third-order valence-corrected chi connectivity index (χ3v) is 7.13. The van der Waals surface area contributed by atoms with Gasteiger partial charge >= 0.3 is 0 Å². The first-order valence-electron chi connectivity index (χ1n) is 15.7. The molecular formula is C33H56N4O5. The average molecular weight is 589 g/mol. The summed E-state index contributed by atoms with van der Waals surface area (Å²) in [6.45, 7) is 19.3. The Bertz CT molecular complexity index is 1000. The molecule has 0 fully saturated rings. The number of aliphatic hydroxyl groups is 1. The van der Waals surface area contributed by atoms with E-state index in [1.54, 1.807) is 36.1 Å². The molecule has 0 aliphatic heterocycles. The number of nitrogens with one attached hydrogen (secondary N) is 3. The summed E-state index contributed by atoms with van der Waals surface area (Å²) in [6, 6.07) is 5.39. The van der Waals surface area contributed by atoms with Gasteiger partial charge in [0.25, 0.3) is 11.8 Å². The highest BCUT2D eigenvalue weighted by Gasteiger charge is 2.30. The molecule has 0 aliphatic carbocycles. The molecule has 1 aromatic rings. The molecular weight excluding hydrogens is 532 g/mol. The predicted molar refractivity (Wildman–Crippen MR) is 168 cm³/mol. The molecule has 1 unspecified atom stereocenters. The predicted octanol–water partition coefficient (Wildman–Crippen LogP) is 4.39. The van der Waals surface area contributed by atoms with E-state index in [1.165, 1.54) is 0 Å². The molecule has 1 aromatic carbocycles. The minimum Gasteiger partial charge on any atom is -0.391 e. The molecule has 4 N–H and O–H groups in total. The van der Waals surface area contributed by atoms with Crippen LogP contribution in [0.15, 0.2) is 24.3 Å². The lowest BCUT2D eigenvalue weighted by molar-refractivity contribution is -0.132. The summed E-state index contributed by atoms with van der Waals surface area (Å²) in [5.41, 5.74) is 0.792. The van der Waals surface area contributed by atoms with Crippen LogP contribution in [-0.2, 0) is 9.59 Å². The maximum atomic E-state index is 13.3. The van der Waals surface area contributed by atoms with Crippen molar-refractivity contribution in [3.05, 3.63) is 35.4 Å². The Hall–Kier alpha value is -2.94. The van der Waals surface area contributed by atoms with Gasteiger partial charge in [0.2, 0.25) is 11.8 Å². The summed E-state index contributed by atoms with van der Waals surface area (Å²) in [4.78, 5) is 53.9. The topological polar surface area (TPSA) is 128 Å². The van der Waals surface area contributed by atoms with Crippen molar-refractivity contribution in [1.29, 1.82) is 0 Å². The zero-order chi connectivity index (χ0) is 32.0. The van der Waals surface area contributed by atoms with Crippen molar-refractivity contribution in [2.45, 2.75) is 106 Å². The Morgan fingerprint density at radius 2 is 1.40 bits per heavy atom. The first kappa shape index (κ1) is 37.1. The van der Waals surface area contributed by atoms with Crippen molar-refractivity contribution in [1.82, 2.24) is 20.9 Å². The quantitative estimate of drug-likeness (QED) is 0.202. The summed E-state index contributed by atoms with van der Waals surface area (Å²) in [6.07, 6.45) is 1.33. The SMILES string of the molecule is CCCN(CCC)C(=O)c1cccc(C(=O)NC(CC(C)C)[C@@H](O)C[C@@H](C)C(=O)N[C@H](C(=O)NCC(C)C)C(C)C)c1. The van der Waals surface area contributed by atoms with Crippen LogP contribution in [0.3, 0.4) is 0 Å². The van der Waals surface area contributed by atoms with Crippen LogP contribution in [0.2, 0.25) is 0 Å². The third-order valence-electron chi connectivity index (χ3n) is 7.13. The zero-order valence-electron chi connectivity index (χ0n) is 27.3. The normalized spacial score (nSPS) is 14.3. The second kappa shape index (κ2) is 18.6. The van der Waals surface area contributed by atoms with Crippen LogP contribution in [0.1, 0.15) is 109 Å². The molecule has 0 heterocycles. The van der Waals surface area contributed by atoms with E-state index < -0.39 is 24.1 Å². The zero-order valence-corrected chi connectivity index (χ0v) is 27.3. The highest BCUT2D eigenvalue weighted by atomic mass is 16.3. The van der Waals surface area contributed by atoms with Gasteiger partial charge in [0.1, 0.15) is 6.04 Å². The Labute approximate surface area is 253 Å². The number of benzene rings is 1. The first-order chi connectivity index (χ1) is 19.7. The van der Waals surface area contributed by atoms with Crippen molar-refractivity contribution in [2.24, 2.45) is 23.7 Å². The second-order valence-corrected chi connectivity index (χ2v) is 12.7. The summed E-state index contributed by atoms with van der Waals surface area (Å²) >= 11 is 0. The fourth-order valence-electron chi connectivity index (χ4n) is 4.78. The third kappa shape index (κ3) is 12.5. The lowest BCUT2D eigenvalue weighted by Gasteiger charge is -2.29. The van der Waals surface area contributed by atoms with E-state index in [-0.39, 0.29) is 41.9 Å². The van der Waals surface area contributed by atoms with E-state index in [0.29, 0.717) is 43.1 Å². The lowest BCUT2D eigenvalue weighted by atomic mass is 9.91. The highest BCUT2D eigenvalue weighted by molar-refractivity contribution is 5.99. The summed E-state index contributed by atoms with van der Waals surface area (Å²) < 4.78 is 0. The standard InChI is InChI=1S/C33H56N4O5/c1-10-15-37(16-11-2)33(42)26-14-12-13-25(19-26)31(40)35-27(17-21(3)4)28(38)18-24(9)30(39)36-29(23(7)8)32(41)34-20-22(5)6/h12-14,19,21-24,27-29,38H,10-11,15-18,20H2,1-9H3,(H,34,41)(H,35,40)(H,36,39)/t24-,27?,28+,29+/m1/s1. The van der Waals surface area contributed by atoms with E-state index in [2.05, 4.69) is 16.0 Å². The largest absolute Gasteiger partial charge is 0.391 e. The highest BCUT2D eigenvalue weighted by Crippen LogP contribution is 2.18. The molecule has 9 nitrogen and oxygen atoms in total. The summed E-state index contributed by atoms with van der Waals surface area (Å²) in [5.74, 6) is -1.27. The molecule has 0 radical (unpaired) electrons. The number of amides is 4. The first-order valence-corrected chi connectivity index (χ1v) is 15.7. The molecule has 0 saturated heterocycles. The molecule has 4 atom stereocenters. The van der Waals surface area contributed by atoms with E-state index in [0.717, 1.165) is 12.8 Å². The molecule has 238 valence electrons. The van der Waals surface area contributed by atoms with Crippen LogP contribution < -0.4 is 16.0 Å². The molecule has 42 heavy (non-hydrogen) atoms. The van der Waals surface area contributed by atoms with Crippen LogP contribution in [0.4, 0.5) is 0 Å². The molecule has 0 aliphatic rings. The number of aliphatic hydroxyl groups excluding tert-OH is 1. The van der Waals surface area contributed by atoms with Crippen LogP contribution in [0, 0.1) is 23.7 Å². The molecule has 4 amide bonds. The minimum atomic E-state index is -0.987. The average Bonchev–Trinajstić information content (AvgIpc) is 2.93. The smallest absolute Gasteiger partial charge is 0.253 e. The van der Waals surface area contributed by atoms with E-state index in [4.69, 9.17) is 0 Å². The molecule has 0 aromatic heterocycles. The Morgan fingerprint density at radius 1 is 0.810 bits per heavy atom. The van der Waals surface area contributed by atoms with Gasteiger partial charge in [-0.15, -0.1) is 0 Å². The number of rotatable bonds is 18. The van der Waals surface area contributed by atoms with E-state index in [1.807, 2.05) is 55.4 Å². The number of nitrogens with zero attached hydrogens (tertiary/aromatic N) is 1. The van der Waals surface area contributed by atoms with Crippen LogP contribution in [-0.4, -0.2) is 71.5 Å². The molecule has 0 spiro atoms. The van der Waals surface area contributed by atoms with Crippen molar-refractivity contribution in [2.75, 3.05) is 19.6 Å². The lowest BCUT2D eigenvalue weighted by Crippen LogP contribution is -2.52. The van der Waals surface area contributed by atoms with Crippen LogP contribution >= 0.6 is 0 Å². The second-order valence-electron chi connectivity index (χ2n) is 12.7. The van der Waals surface area contributed by atoms with Gasteiger partial charge in [-0.2, -0.15) is 0 Å². The van der Waals surface area contributed by atoms with Gasteiger partial charge in [-0.3, -0.25) is 19.2 Å². The fraction of sp³-hybridized carbons (Fsp3) is 0.697. The Morgan fingerprint density at radius 3 is 1.93 bits per heavy atom. The van der Waals surface area contributed by atoms with Gasteiger partial charge in [-0.1, -0.05) is 68.4 Å². The number of hydrogen-bond acceptors (Lipinski definition) is 5. The van der Waals surface area contributed by atoms with Gasteiger partial charge in [0.15, 0.2) is 0 Å². The van der Waals surface area contributed by atoms with E-state index >= 15 is 0 Å². The van der Waals surface area contributed by atoms with Gasteiger partial charge in [0.05, 0.1) is 12.1 Å². The summed E-state index contributed by atoms with van der Waals surface area (Å²) in [7, 11) is 0. The molecule has 1 rings (SSSR count). The van der Waals surface area contributed by atoms with Crippen LogP contribution in [0.25, 0.3) is 0 Å². The van der Waals surface area contributed by atoms with Gasteiger partial charge < -0.3 is 26.0 Å². The summed E-state index contributed by atoms with van der Waals surface area (Å²) in [5, 5.41) is 19.8. The van der Waals surface area contributed by atoms with Gasteiger partial charge in [-0.25, -0.2) is 0 Å². The van der Waals surface area contributed by atoms with Crippen molar-refractivity contribution in [3.8, 4) is 0 Å². The van der Waals surface area contributed by atoms with E-state index in [9.17, 15) is 24.3 Å². The molecule has 0 bridgehead atoms. The number of carbonyl (C=O) groups excluding carboxylic acids is 4. The fourth-order valence-corrected chi connectivity index (χ4v) is 4.78. The minimum absolute atomic E-state index is 0.107. The molecule has 9 heteroatoms. The van der Waals surface area contributed by atoms with Crippen molar-refractivity contribution >= 4 is 23.6 Å². The van der Waals surface area contributed by atoms with Crippen molar-refractivity contribution in [3.63, 3.8) is 0 Å². The maximum Gasteiger partial charge on any atom is 0.253 e. The number of carbonyl (C=O) groups is 4. The van der Waals surface area contributed by atoms with Gasteiger partial charge in [-0.05, 0) is 61.6 Å². The van der Waals surface area contributed by atoms with Crippen LogP contribution in [0.5, 0.6) is 0 Å². The van der Waals surface area contributed by atoms with Gasteiger partial charge in [0, 0.05) is 36.7 Å². The monoisotopic (exact) mass is 588 g/mol.